The SMILES string of the molecule is CCOC(=O)CN(c1ccc(F)c(Cl)c1)S(=O)(=O)c1ccc(SC)cc1. The van der Waals surface area contributed by atoms with Gasteiger partial charge in [0.1, 0.15) is 12.4 Å². The number of hydrogen-bond acceptors (Lipinski definition) is 5. The monoisotopic (exact) mass is 417 g/mol. The summed E-state index contributed by atoms with van der Waals surface area (Å²) in [7, 11) is -4.08. The number of halogens is 2. The molecule has 0 atom stereocenters. The van der Waals surface area contributed by atoms with Gasteiger partial charge in [0.25, 0.3) is 10.0 Å². The van der Waals surface area contributed by atoms with Gasteiger partial charge in [0.2, 0.25) is 0 Å². The Hall–Kier alpha value is -1.77. The smallest absolute Gasteiger partial charge is 0.326 e. The van der Waals surface area contributed by atoms with Crippen molar-refractivity contribution in [2.24, 2.45) is 0 Å². The molecule has 0 radical (unpaired) electrons. The molecule has 5 nitrogen and oxygen atoms in total. The first kappa shape index (κ1) is 20.5. The van der Waals surface area contributed by atoms with Gasteiger partial charge < -0.3 is 4.74 Å². The van der Waals surface area contributed by atoms with Crippen LogP contribution in [0.2, 0.25) is 5.02 Å². The third kappa shape index (κ3) is 4.69. The second-order valence-corrected chi connectivity index (χ2v) is 8.24. The molecule has 0 unspecified atom stereocenters. The van der Waals surface area contributed by atoms with Crippen molar-refractivity contribution >= 4 is 45.0 Å². The van der Waals surface area contributed by atoms with Gasteiger partial charge in [-0.15, -0.1) is 11.8 Å². The van der Waals surface area contributed by atoms with E-state index in [0.29, 0.717) is 0 Å². The molecule has 140 valence electrons. The fraction of sp³-hybridized carbons (Fsp3) is 0.235. The maximum absolute atomic E-state index is 13.5. The van der Waals surface area contributed by atoms with E-state index in [1.807, 2.05) is 6.26 Å². The maximum atomic E-state index is 13.5. The molecule has 0 spiro atoms. The van der Waals surface area contributed by atoms with Crippen molar-refractivity contribution in [3.8, 4) is 0 Å². The molecule has 0 saturated heterocycles. The van der Waals surface area contributed by atoms with Crippen LogP contribution in [0.15, 0.2) is 52.3 Å². The number of anilines is 1. The molecule has 0 aliphatic carbocycles. The van der Waals surface area contributed by atoms with E-state index in [4.69, 9.17) is 16.3 Å². The Bertz CT molecular complexity index is 888. The Balaban J connectivity index is 2.49. The van der Waals surface area contributed by atoms with Crippen molar-refractivity contribution in [2.45, 2.75) is 16.7 Å². The summed E-state index contributed by atoms with van der Waals surface area (Å²) in [5.41, 5.74) is 0.0680. The number of nitrogens with zero attached hydrogens (tertiary/aromatic N) is 1. The van der Waals surface area contributed by atoms with Crippen LogP contribution in [0.25, 0.3) is 0 Å². The number of rotatable bonds is 7. The van der Waals surface area contributed by atoms with Crippen LogP contribution in [0.4, 0.5) is 10.1 Å². The second kappa shape index (κ2) is 8.75. The molecule has 0 bridgehead atoms. The average molecular weight is 418 g/mol. The third-order valence-electron chi connectivity index (χ3n) is 3.42. The van der Waals surface area contributed by atoms with Gasteiger partial charge >= 0.3 is 5.97 Å². The van der Waals surface area contributed by atoms with Crippen LogP contribution in [-0.2, 0) is 19.6 Å². The van der Waals surface area contributed by atoms with Crippen molar-refractivity contribution in [1.29, 1.82) is 0 Å². The molecule has 2 rings (SSSR count). The Morgan fingerprint density at radius 3 is 2.42 bits per heavy atom. The molecule has 9 heteroatoms. The van der Waals surface area contributed by atoms with E-state index >= 15 is 0 Å². The lowest BCUT2D eigenvalue weighted by Crippen LogP contribution is -2.36. The highest BCUT2D eigenvalue weighted by Crippen LogP contribution is 2.28. The lowest BCUT2D eigenvalue weighted by Gasteiger charge is -2.24. The minimum atomic E-state index is -4.08. The predicted molar refractivity (Wildman–Crippen MR) is 101 cm³/mol. The van der Waals surface area contributed by atoms with Crippen molar-refractivity contribution in [2.75, 3.05) is 23.7 Å². The van der Waals surface area contributed by atoms with Crippen LogP contribution in [0.5, 0.6) is 0 Å². The zero-order valence-corrected chi connectivity index (χ0v) is 16.5. The van der Waals surface area contributed by atoms with E-state index < -0.39 is 28.4 Å². The van der Waals surface area contributed by atoms with Crippen LogP contribution in [0.3, 0.4) is 0 Å². The molecule has 0 saturated carbocycles. The topological polar surface area (TPSA) is 63.7 Å². The largest absolute Gasteiger partial charge is 0.465 e. The fourth-order valence-electron chi connectivity index (χ4n) is 2.15. The maximum Gasteiger partial charge on any atom is 0.326 e. The Morgan fingerprint density at radius 2 is 1.88 bits per heavy atom. The Labute approximate surface area is 161 Å². The quantitative estimate of drug-likeness (QED) is 0.504. The molecule has 0 heterocycles. The zero-order chi connectivity index (χ0) is 19.3. The van der Waals surface area contributed by atoms with Gasteiger partial charge in [0.15, 0.2) is 0 Å². The van der Waals surface area contributed by atoms with E-state index in [0.717, 1.165) is 21.3 Å². The number of ether oxygens (including phenoxy) is 1. The summed E-state index contributed by atoms with van der Waals surface area (Å²) in [5, 5.41) is -0.246. The first-order valence-electron chi connectivity index (χ1n) is 7.57. The summed E-state index contributed by atoms with van der Waals surface area (Å²) in [6, 6.07) is 9.67. The number of benzene rings is 2. The molecule has 0 aromatic heterocycles. The highest BCUT2D eigenvalue weighted by molar-refractivity contribution is 7.98. The minimum absolute atomic E-state index is 0.0000425. The van der Waals surface area contributed by atoms with Crippen LogP contribution in [-0.4, -0.2) is 33.8 Å². The summed E-state index contributed by atoms with van der Waals surface area (Å²) < 4.78 is 45.3. The normalized spacial score (nSPS) is 11.2. The van der Waals surface area contributed by atoms with Crippen LogP contribution in [0, 0.1) is 5.82 Å². The molecule has 0 N–H and O–H groups in total. The summed E-state index contributed by atoms with van der Waals surface area (Å²) in [5.74, 6) is -1.41. The summed E-state index contributed by atoms with van der Waals surface area (Å²) in [4.78, 5) is 12.8. The number of esters is 1. The summed E-state index contributed by atoms with van der Waals surface area (Å²) in [6.45, 7) is 1.17. The number of hydrogen-bond donors (Lipinski definition) is 0. The fourth-order valence-corrected chi connectivity index (χ4v) is 4.14. The molecule has 0 aliphatic heterocycles. The van der Waals surface area contributed by atoms with E-state index in [2.05, 4.69) is 0 Å². The number of carbonyl (C=O) groups excluding carboxylic acids is 1. The van der Waals surface area contributed by atoms with Crippen LogP contribution < -0.4 is 4.31 Å². The predicted octanol–water partition coefficient (Wildman–Crippen LogP) is 3.96. The molecule has 0 fully saturated rings. The Morgan fingerprint density at radius 1 is 1.23 bits per heavy atom. The number of sulfonamides is 1. The van der Waals surface area contributed by atoms with Crippen molar-refractivity contribution in [3.05, 3.63) is 53.3 Å². The first-order valence-corrected chi connectivity index (χ1v) is 10.6. The molecule has 26 heavy (non-hydrogen) atoms. The van der Waals surface area contributed by atoms with Crippen molar-refractivity contribution in [3.63, 3.8) is 0 Å². The van der Waals surface area contributed by atoms with Crippen LogP contribution >= 0.6 is 23.4 Å². The highest BCUT2D eigenvalue weighted by Gasteiger charge is 2.28. The lowest BCUT2D eigenvalue weighted by molar-refractivity contribution is -0.141. The molecular weight excluding hydrogens is 401 g/mol. The van der Waals surface area contributed by atoms with E-state index in [1.54, 1.807) is 19.1 Å². The van der Waals surface area contributed by atoms with E-state index in [-0.39, 0.29) is 22.2 Å². The van der Waals surface area contributed by atoms with Crippen molar-refractivity contribution in [1.82, 2.24) is 0 Å². The Kier molecular flexibility index (Phi) is 6.91. The molecule has 2 aromatic carbocycles. The molecule has 2 aromatic rings. The number of thioether (sulfide) groups is 1. The van der Waals surface area contributed by atoms with Gasteiger partial charge in [-0.1, -0.05) is 11.6 Å². The van der Waals surface area contributed by atoms with Gasteiger partial charge in [0, 0.05) is 4.90 Å². The second-order valence-electron chi connectivity index (χ2n) is 5.09. The number of carbonyl (C=O) groups is 1. The van der Waals surface area contributed by atoms with Gasteiger partial charge in [0.05, 0.1) is 22.2 Å². The summed E-state index contributed by atoms with van der Waals surface area (Å²) in [6.07, 6.45) is 1.87. The molecule has 0 aliphatic rings. The molecule has 0 amide bonds. The minimum Gasteiger partial charge on any atom is -0.465 e. The molecular formula is C17H17ClFNO4S2. The first-order chi connectivity index (χ1) is 12.3. The van der Waals surface area contributed by atoms with Crippen molar-refractivity contribution < 1.29 is 22.3 Å². The van der Waals surface area contributed by atoms with Gasteiger partial charge in [-0.3, -0.25) is 9.10 Å². The standard InChI is InChI=1S/C17H17ClFNO4S2/c1-3-24-17(21)11-20(12-4-9-16(19)15(18)10-12)26(22,23)14-7-5-13(25-2)6-8-14/h4-10H,3,11H2,1-2H3. The zero-order valence-electron chi connectivity index (χ0n) is 14.1. The van der Waals surface area contributed by atoms with Gasteiger partial charge in [-0.05, 0) is 55.6 Å². The van der Waals surface area contributed by atoms with E-state index in [9.17, 15) is 17.6 Å². The van der Waals surface area contributed by atoms with Gasteiger partial charge in [-0.2, -0.15) is 0 Å². The van der Waals surface area contributed by atoms with E-state index in [1.165, 1.54) is 30.0 Å². The highest BCUT2D eigenvalue weighted by atomic mass is 35.5. The van der Waals surface area contributed by atoms with Gasteiger partial charge in [-0.25, -0.2) is 12.8 Å². The average Bonchev–Trinajstić information content (AvgIpc) is 2.62. The lowest BCUT2D eigenvalue weighted by atomic mass is 10.3. The van der Waals surface area contributed by atoms with Crippen LogP contribution in [0.1, 0.15) is 6.92 Å². The summed E-state index contributed by atoms with van der Waals surface area (Å²) >= 11 is 7.25. The third-order valence-corrected chi connectivity index (χ3v) is 6.24.